The van der Waals surface area contributed by atoms with Crippen molar-refractivity contribution in [1.82, 2.24) is 0 Å². The van der Waals surface area contributed by atoms with Crippen molar-refractivity contribution < 1.29 is 4.79 Å². The summed E-state index contributed by atoms with van der Waals surface area (Å²) >= 11 is 3.40. The lowest BCUT2D eigenvalue weighted by Gasteiger charge is -2.03. The van der Waals surface area contributed by atoms with Crippen LogP contribution in [0.3, 0.4) is 0 Å². The number of amides is 1. The minimum absolute atomic E-state index is 0.0380. The predicted octanol–water partition coefficient (Wildman–Crippen LogP) is 4.10. The number of anilines is 1. The van der Waals surface area contributed by atoms with Crippen LogP contribution in [0.25, 0.3) is 0 Å². The van der Waals surface area contributed by atoms with Crippen LogP contribution >= 0.6 is 15.9 Å². The summed E-state index contributed by atoms with van der Waals surface area (Å²) in [5, 5.41) is 19.3. The number of hydrogen-bond donors (Lipinski definition) is 1. The van der Waals surface area contributed by atoms with Crippen LogP contribution in [0.1, 0.15) is 23.6 Å². The zero-order chi connectivity index (χ0) is 16.5. The molecule has 2 aromatic carbocycles. The maximum Gasteiger partial charge on any atom is 0.276 e. The van der Waals surface area contributed by atoms with Crippen LogP contribution in [0.5, 0.6) is 0 Å². The molecule has 0 saturated heterocycles. The zero-order valence-corrected chi connectivity index (χ0v) is 14.1. The topological polar surface area (TPSA) is 78.5 Å². The Labute approximate surface area is 146 Å². The molecule has 0 aromatic heterocycles. The summed E-state index contributed by atoms with van der Waals surface area (Å²) in [5.74, 6) is 0.259. The van der Waals surface area contributed by atoms with E-state index in [0.29, 0.717) is 12.3 Å². The van der Waals surface area contributed by atoms with Gasteiger partial charge in [0.15, 0.2) is 11.5 Å². The number of rotatable bonds is 2. The molecule has 2 aliphatic heterocycles. The van der Waals surface area contributed by atoms with E-state index in [1.165, 1.54) is 0 Å². The summed E-state index contributed by atoms with van der Waals surface area (Å²) in [6.45, 7) is 0. The Morgan fingerprint density at radius 2 is 1.96 bits per heavy atom. The third-order valence-electron chi connectivity index (χ3n) is 3.84. The first-order chi connectivity index (χ1) is 11.7. The quantitative estimate of drug-likeness (QED) is 0.780. The lowest BCUT2D eigenvalue weighted by molar-refractivity contribution is -0.110. The van der Waals surface area contributed by atoms with E-state index in [9.17, 15) is 4.79 Å². The summed E-state index contributed by atoms with van der Waals surface area (Å²) in [7, 11) is 0. The Bertz CT molecular complexity index is 904. The van der Waals surface area contributed by atoms with Gasteiger partial charge in [-0.1, -0.05) is 46.3 Å². The van der Waals surface area contributed by atoms with Crippen LogP contribution in [0, 0.1) is 0 Å². The van der Waals surface area contributed by atoms with Crippen molar-refractivity contribution in [3.63, 3.8) is 0 Å². The van der Waals surface area contributed by atoms with Gasteiger partial charge in [-0.15, -0.1) is 15.3 Å². The van der Waals surface area contributed by atoms with E-state index in [4.69, 9.17) is 0 Å². The first kappa shape index (κ1) is 14.9. The fourth-order valence-corrected chi connectivity index (χ4v) is 3.00. The number of carbonyl (C=O) groups is 1. The van der Waals surface area contributed by atoms with Gasteiger partial charge in [0.25, 0.3) is 5.91 Å². The molecule has 0 saturated carbocycles. The van der Waals surface area contributed by atoms with Crippen LogP contribution in [-0.2, 0) is 4.79 Å². The number of fused-ring (bicyclic) bond motifs is 1. The van der Waals surface area contributed by atoms with Crippen molar-refractivity contribution in [2.75, 3.05) is 5.32 Å². The monoisotopic (exact) mass is 381 g/mol. The molecule has 4 rings (SSSR count). The third-order valence-corrected chi connectivity index (χ3v) is 4.33. The molecule has 0 bridgehead atoms. The first-order valence-electron chi connectivity index (χ1n) is 7.42. The molecule has 2 aliphatic rings. The van der Waals surface area contributed by atoms with E-state index in [2.05, 4.69) is 41.7 Å². The number of amidine groups is 1. The summed E-state index contributed by atoms with van der Waals surface area (Å²) in [6.07, 6.45) is 0.577. The molecule has 0 spiro atoms. The van der Waals surface area contributed by atoms with Gasteiger partial charge in [-0.3, -0.25) is 4.79 Å². The van der Waals surface area contributed by atoms with Crippen LogP contribution in [0.4, 0.5) is 5.69 Å². The van der Waals surface area contributed by atoms with Gasteiger partial charge in [-0.25, -0.2) is 0 Å². The standard InChI is InChI=1S/C17H12BrN5O/c18-11-6-7-13-12(8-11)16(17(24)19-13)23-22-15-9-14(20-21-15)10-4-2-1-3-5-10/h1-8,14H,9H2,(H,19,23,24)/b22-15+/t14-/m0/s1. The van der Waals surface area contributed by atoms with Crippen molar-refractivity contribution in [1.29, 1.82) is 0 Å². The zero-order valence-electron chi connectivity index (χ0n) is 12.5. The molecule has 2 heterocycles. The maximum absolute atomic E-state index is 12.1. The van der Waals surface area contributed by atoms with Gasteiger partial charge in [-0.2, -0.15) is 5.11 Å². The number of nitrogens with zero attached hydrogens (tertiary/aromatic N) is 4. The summed E-state index contributed by atoms with van der Waals surface area (Å²) in [6, 6.07) is 15.4. The highest BCUT2D eigenvalue weighted by molar-refractivity contribution is 9.10. The molecule has 24 heavy (non-hydrogen) atoms. The molecule has 7 heteroatoms. The third kappa shape index (κ3) is 2.78. The van der Waals surface area contributed by atoms with E-state index < -0.39 is 0 Å². The highest BCUT2D eigenvalue weighted by atomic mass is 79.9. The molecular formula is C17H12BrN5O. The minimum Gasteiger partial charge on any atom is -0.320 e. The van der Waals surface area contributed by atoms with E-state index in [-0.39, 0.29) is 17.7 Å². The van der Waals surface area contributed by atoms with Gasteiger partial charge in [0.05, 0.1) is 5.69 Å². The Balaban J connectivity index is 1.58. The van der Waals surface area contributed by atoms with Crippen molar-refractivity contribution in [3.8, 4) is 0 Å². The van der Waals surface area contributed by atoms with Crippen LogP contribution in [-0.4, -0.2) is 17.5 Å². The number of halogens is 1. The molecule has 1 N–H and O–H groups in total. The van der Waals surface area contributed by atoms with Gasteiger partial charge < -0.3 is 5.32 Å². The number of nitrogens with one attached hydrogen (secondary N) is 1. The smallest absolute Gasteiger partial charge is 0.276 e. The van der Waals surface area contributed by atoms with E-state index in [1.54, 1.807) is 0 Å². The second kappa shape index (κ2) is 6.09. The molecule has 2 aromatic rings. The first-order valence-corrected chi connectivity index (χ1v) is 8.21. The van der Waals surface area contributed by atoms with Gasteiger partial charge in [0.1, 0.15) is 6.04 Å². The van der Waals surface area contributed by atoms with Crippen molar-refractivity contribution in [3.05, 3.63) is 64.1 Å². The number of benzene rings is 2. The van der Waals surface area contributed by atoms with Gasteiger partial charge in [0, 0.05) is 16.5 Å². The van der Waals surface area contributed by atoms with Crippen molar-refractivity contribution >= 4 is 39.1 Å². The van der Waals surface area contributed by atoms with Gasteiger partial charge >= 0.3 is 0 Å². The molecular weight excluding hydrogens is 370 g/mol. The second-order valence-electron chi connectivity index (χ2n) is 5.45. The normalized spacial score (nSPS) is 22.2. The number of hydrogen-bond acceptors (Lipinski definition) is 4. The average Bonchev–Trinajstić information content (AvgIpc) is 3.18. The average molecular weight is 382 g/mol. The Kier molecular flexibility index (Phi) is 3.78. The molecule has 1 atom stereocenters. The highest BCUT2D eigenvalue weighted by Gasteiger charge is 2.27. The summed E-state index contributed by atoms with van der Waals surface area (Å²) in [4.78, 5) is 12.1. The molecule has 0 radical (unpaired) electrons. The Morgan fingerprint density at radius 1 is 1.12 bits per heavy atom. The lowest BCUT2D eigenvalue weighted by atomic mass is 10.1. The van der Waals surface area contributed by atoms with Gasteiger partial charge in [-0.05, 0) is 23.8 Å². The molecule has 0 unspecified atom stereocenters. The minimum atomic E-state index is -0.262. The molecule has 0 fully saturated rings. The van der Waals surface area contributed by atoms with Crippen molar-refractivity contribution in [2.45, 2.75) is 12.5 Å². The summed E-state index contributed by atoms with van der Waals surface area (Å²) in [5.41, 5.74) is 2.84. The molecule has 6 nitrogen and oxygen atoms in total. The lowest BCUT2D eigenvalue weighted by Crippen LogP contribution is -2.14. The highest BCUT2D eigenvalue weighted by Crippen LogP contribution is 2.29. The maximum atomic E-state index is 12.1. The fourth-order valence-electron chi connectivity index (χ4n) is 2.64. The largest absolute Gasteiger partial charge is 0.320 e. The fraction of sp³-hybridized carbons (Fsp3) is 0.118. The number of azo groups is 1. The van der Waals surface area contributed by atoms with Crippen LogP contribution in [0.15, 0.2) is 73.4 Å². The SMILES string of the molecule is O=C1Nc2ccc(Br)cc2/C1=N\N=C1/C[C@@H](c2ccccc2)N=N1. The Morgan fingerprint density at radius 3 is 2.79 bits per heavy atom. The van der Waals surface area contributed by atoms with E-state index >= 15 is 0 Å². The number of carbonyl (C=O) groups excluding carboxylic acids is 1. The predicted molar refractivity (Wildman–Crippen MR) is 95.4 cm³/mol. The van der Waals surface area contributed by atoms with Gasteiger partial charge in [0.2, 0.25) is 0 Å². The molecule has 118 valence electrons. The molecule has 0 aliphatic carbocycles. The van der Waals surface area contributed by atoms with Crippen molar-refractivity contribution in [2.24, 2.45) is 20.4 Å². The second-order valence-corrected chi connectivity index (χ2v) is 6.37. The Hall–Kier alpha value is -2.67. The summed E-state index contributed by atoms with van der Waals surface area (Å²) < 4.78 is 0.878. The van der Waals surface area contributed by atoms with E-state index in [0.717, 1.165) is 21.3 Å². The van der Waals surface area contributed by atoms with E-state index in [1.807, 2.05) is 48.5 Å². The van der Waals surface area contributed by atoms with Crippen LogP contribution < -0.4 is 5.32 Å². The molecule has 1 amide bonds. The van der Waals surface area contributed by atoms with Crippen LogP contribution in [0.2, 0.25) is 0 Å².